The standard InChI is InChI=1S/C13H20ClNO/c1-16-9-3-2-4-12(10-15)11-5-7-13(14)8-6-11/h5-8,12H,2-4,9-10,15H2,1H3. The van der Waals surface area contributed by atoms with Crippen molar-refractivity contribution in [2.45, 2.75) is 25.2 Å². The molecule has 90 valence electrons. The van der Waals surface area contributed by atoms with E-state index in [1.165, 1.54) is 5.56 Å². The lowest BCUT2D eigenvalue weighted by molar-refractivity contribution is 0.191. The monoisotopic (exact) mass is 241 g/mol. The zero-order valence-electron chi connectivity index (χ0n) is 9.79. The average molecular weight is 242 g/mol. The largest absolute Gasteiger partial charge is 0.385 e. The lowest BCUT2D eigenvalue weighted by Gasteiger charge is -2.15. The third kappa shape index (κ3) is 4.52. The smallest absolute Gasteiger partial charge is 0.0462 e. The topological polar surface area (TPSA) is 35.2 Å². The summed E-state index contributed by atoms with van der Waals surface area (Å²) in [5, 5.41) is 0.777. The molecule has 0 aliphatic heterocycles. The highest BCUT2D eigenvalue weighted by atomic mass is 35.5. The Hall–Kier alpha value is -0.570. The van der Waals surface area contributed by atoms with Crippen LogP contribution in [0.25, 0.3) is 0 Å². The Labute approximate surface area is 103 Å². The number of halogens is 1. The molecule has 0 saturated carbocycles. The summed E-state index contributed by atoms with van der Waals surface area (Å²) in [7, 11) is 1.74. The van der Waals surface area contributed by atoms with Crippen LogP contribution < -0.4 is 5.73 Å². The van der Waals surface area contributed by atoms with E-state index in [0.29, 0.717) is 12.5 Å². The van der Waals surface area contributed by atoms with E-state index in [1.54, 1.807) is 7.11 Å². The van der Waals surface area contributed by atoms with Gasteiger partial charge >= 0.3 is 0 Å². The van der Waals surface area contributed by atoms with Gasteiger partial charge in [-0.1, -0.05) is 30.2 Å². The highest BCUT2D eigenvalue weighted by Crippen LogP contribution is 2.22. The molecule has 0 heterocycles. The first kappa shape index (κ1) is 13.5. The van der Waals surface area contributed by atoms with Crippen molar-refractivity contribution in [2.24, 2.45) is 5.73 Å². The fourth-order valence-electron chi connectivity index (χ4n) is 1.79. The Morgan fingerprint density at radius 3 is 2.50 bits per heavy atom. The highest BCUT2D eigenvalue weighted by Gasteiger charge is 2.08. The second kappa shape index (κ2) is 7.66. The molecule has 2 N–H and O–H groups in total. The first-order valence-corrected chi connectivity index (χ1v) is 6.10. The van der Waals surface area contributed by atoms with Gasteiger partial charge in [0.2, 0.25) is 0 Å². The van der Waals surface area contributed by atoms with Crippen molar-refractivity contribution < 1.29 is 4.74 Å². The van der Waals surface area contributed by atoms with Gasteiger partial charge in [0.25, 0.3) is 0 Å². The quantitative estimate of drug-likeness (QED) is 0.744. The van der Waals surface area contributed by atoms with Gasteiger partial charge in [0, 0.05) is 18.7 Å². The van der Waals surface area contributed by atoms with E-state index in [4.69, 9.17) is 22.1 Å². The highest BCUT2D eigenvalue weighted by molar-refractivity contribution is 6.30. The van der Waals surface area contributed by atoms with Gasteiger partial charge in [-0.3, -0.25) is 0 Å². The molecule has 1 unspecified atom stereocenters. The Balaban J connectivity index is 2.44. The van der Waals surface area contributed by atoms with E-state index in [9.17, 15) is 0 Å². The summed E-state index contributed by atoms with van der Waals surface area (Å²) >= 11 is 5.86. The van der Waals surface area contributed by atoms with Crippen molar-refractivity contribution in [1.29, 1.82) is 0 Å². The Kier molecular flexibility index (Phi) is 6.46. The summed E-state index contributed by atoms with van der Waals surface area (Å²) in [6, 6.07) is 7.98. The van der Waals surface area contributed by atoms with Gasteiger partial charge in [-0.05, 0) is 43.0 Å². The second-order valence-electron chi connectivity index (χ2n) is 3.97. The molecule has 3 heteroatoms. The number of methoxy groups -OCH3 is 1. The molecule has 0 aromatic heterocycles. The van der Waals surface area contributed by atoms with Crippen molar-refractivity contribution in [3.05, 3.63) is 34.9 Å². The van der Waals surface area contributed by atoms with Crippen LogP contribution >= 0.6 is 11.6 Å². The Bertz CT molecular complexity index is 286. The van der Waals surface area contributed by atoms with Crippen molar-refractivity contribution in [2.75, 3.05) is 20.3 Å². The summed E-state index contributed by atoms with van der Waals surface area (Å²) in [6.45, 7) is 1.52. The van der Waals surface area contributed by atoms with Crippen LogP contribution in [0, 0.1) is 0 Å². The SMILES string of the molecule is COCCCCC(CN)c1ccc(Cl)cc1. The molecular weight excluding hydrogens is 222 g/mol. The van der Waals surface area contributed by atoms with Crippen LogP contribution in [-0.4, -0.2) is 20.3 Å². The summed E-state index contributed by atoms with van der Waals surface area (Å²) < 4.78 is 5.03. The first-order chi connectivity index (χ1) is 7.77. The maximum atomic E-state index is 5.86. The Morgan fingerprint density at radius 2 is 1.94 bits per heavy atom. The van der Waals surface area contributed by atoms with Gasteiger partial charge in [0.15, 0.2) is 0 Å². The fourth-order valence-corrected chi connectivity index (χ4v) is 1.92. The molecule has 0 aliphatic carbocycles. The number of hydrogen-bond donors (Lipinski definition) is 1. The molecule has 0 fully saturated rings. The molecule has 0 saturated heterocycles. The molecule has 1 aromatic rings. The number of ether oxygens (including phenoxy) is 1. The zero-order chi connectivity index (χ0) is 11.8. The summed E-state index contributed by atoms with van der Waals surface area (Å²) in [5.41, 5.74) is 7.08. The van der Waals surface area contributed by atoms with E-state index in [0.717, 1.165) is 30.9 Å². The van der Waals surface area contributed by atoms with Crippen LogP contribution in [0.2, 0.25) is 5.02 Å². The molecule has 1 rings (SSSR count). The number of rotatable bonds is 7. The molecule has 1 aromatic carbocycles. The fraction of sp³-hybridized carbons (Fsp3) is 0.538. The summed E-state index contributed by atoms with van der Waals surface area (Å²) in [4.78, 5) is 0. The molecule has 1 atom stereocenters. The molecule has 2 nitrogen and oxygen atoms in total. The van der Waals surface area contributed by atoms with Crippen LogP contribution in [-0.2, 0) is 4.74 Å². The summed E-state index contributed by atoms with van der Waals surface area (Å²) in [5.74, 6) is 0.439. The van der Waals surface area contributed by atoms with E-state index >= 15 is 0 Å². The number of nitrogens with two attached hydrogens (primary N) is 1. The lowest BCUT2D eigenvalue weighted by Crippen LogP contribution is -2.12. The van der Waals surface area contributed by atoms with E-state index in [2.05, 4.69) is 12.1 Å². The van der Waals surface area contributed by atoms with Crippen LogP contribution in [0.1, 0.15) is 30.7 Å². The lowest BCUT2D eigenvalue weighted by atomic mass is 9.94. The predicted molar refractivity (Wildman–Crippen MR) is 69.0 cm³/mol. The minimum atomic E-state index is 0.439. The molecule has 0 aliphatic rings. The maximum Gasteiger partial charge on any atom is 0.0462 e. The number of benzene rings is 1. The van der Waals surface area contributed by atoms with Gasteiger partial charge in [-0.2, -0.15) is 0 Å². The molecular formula is C13H20ClNO. The van der Waals surface area contributed by atoms with Crippen LogP contribution in [0.3, 0.4) is 0 Å². The molecule has 0 spiro atoms. The molecule has 0 amide bonds. The normalized spacial score (nSPS) is 12.7. The third-order valence-electron chi connectivity index (χ3n) is 2.78. The van der Waals surface area contributed by atoms with E-state index in [1.807, 2.05) is 12.1 Å². The maximum absolute atomic E-state index is 5.86. The average Bonchev–Trinajstić information content (AvgIpc) is 2.31. The van der Waals surface area contributed by atoms with Gasteiger partial charge in [0.1, 0.15) is 0 Å². The van der Waals surface area contributed by atoms with Crippen molar-refractivity contribution >= 4 is 11.6 Å². The Morgan fingerprint density at radius 1 is 1.25 bits per heavy atom. The van der Waals surface area contributed by atoms with Gasteiger partial charge < -0.3 is 10.5 Å². The van der Waals surface area contributed by atoms with Crippen LogP contribution in [0.4, 0.5) is 0 Å². The van der Waals surface area contributed by atoms with Crippen molar-refractivity contribution in [3.63, 3.8) is 0 Å². The van der Waals surface area contributed by atoms with Crippen molar-refractivity contribution in [1.82, 2.24) is 0 Å². The molecule has 0 bridgehead atoms. The number of hydrogen-bond acceptors (Lipinski definition) is 2. The van der Waals surface area contributed by atoms with Crippen LogP contribution in [0.15, 0.2) is 24.3 Å². The first-order valence-electron chi connectivity index (χ1n) is 5.72. The second-order valence-corrected chi connectivity index (χ2v) is 4.41. The minimum absolute atomic E-state index is 0.439. The van der Waals surface area contributed by atoms with Gasteiger partial charge in [0.05, 0.1) is 0 Å². The minimum Gasteiger partial charge on any atom is -0.385 e. The van der Waals surface area contributed by atoms with Gasteiger partial charge in [-0.25, -0.2) is 0 Å². The van der Waals surface area contributed by atoms with E-state index < -0.39 is 0 Å². The predicted octanol–water partition coefficient (Wildman–Crippen LogP) is 3.20. The molecule has 16 heavy (non-hydrogen) atoms. The zero-order valence-corrected chi connectivity index (χ0v) is 10.5. The van der Waals surface area contributed by atoms with Gasteiger partial charge in [-0.15, -0.1) is 0 Å². The third-order valence-corrected chi connectivity index (χ3v) is 3.03. The molecule has 0 radical (unpaired) electrons. The van der Waals surface area contributed by atoms with Crippen molar-refractivity contribution in [3.8, 4) is 0 Å². The summed E-state index contributed by atoms with van der Waals surface area (Å²) in [6.07, 6.45) is 3.36. The van der Waals surface area contributed by atoms with Crippen LogP contribution in [0.5, 0.6) is 0 Å². The number of unbranched alkanes of at least 4 members (excludes halogenated alkanes) is 1. The van der Waals surface area contributed by atoms with E-state index in [-0.39, 0.29) is 0 Å².